The summed E-state index contributed by atoms with van der Waals surface area (Å²) in [6.45, 7) is 3.53. The molecule has 28 heavy (non-hydrogen) atoms. The molecule has 0 radical (unpaired) electrons. The van der Waals surface area contributed by atoms with Crippen molar-refractivity contribution in [1.82, 2.24) is 4.90 Å². The lowest BCUT2D eigenvalue weighted by Gasteiger charge is -2.44. The highest BCUT2D eigenvalue weighted by molar-refractivity contribution is 5.80. The van der Waals surface area contributed by atoms with Crippen molar-refractivity contribution in [2.24, 2.45) is 5.92 Å². The Morgan fingerprint density at radius 1 is 0.929 bits per heavy atom. The van der Waals surface area contributed by atoms with Crippen LogP contribution in [0.4, 0.5) is 0 Å². The van der Waals surface area contributed by atoms with E-state index in [2.05, 4.69) is 35.8 Å². The van der Waals surface area contributed by atoms with Crippen molar-refractivity contribution in [3.05, 3.63) is 65.2 Å². The van der Waals surface area contributed by atoms with Gasteiger partial charge < -0.3 is 9.64 Å². The standard InChI is InChI=1S/C25H27NO2/c1-19-3-5-20(6-4-19)7-8-21-9-15-24(16-10-21)28-18-2-17-26-23-13-11-22(12-14-23)25(26)27/h3-6,9-10,15-16,22-23H,2,11-14,17-18H2,1H3. The first-order valence-electron chi connectivity index (χ1n) is 10.3. The Kier molecular flexibility index (Phi) is 5.67. The van der Waals surface area contributed by atoms with Crippen LogP contribution in [0.5, 0.6) is 5.75 Å². The van der Waals surface area contributed by atoms with Crippen LogP contribution in [0.3, 0.4) is 0 Å². The number of benzene rings is 2. The fourth-order valence-corrected chi connectivity index (χ4v) is 4.18. The SMILES string of the molecule is Cc1ccc(C#Cc2ccc(OCCCN3C(=O)C4CCC3CC4)cc2)cc1. The number of piperidine rings is 2. The number of fused-ring (bicyclic) bond motifs is 3. The molecule has 1 saturated carbocycles. The zero-order valence-electron chi connectivity index (χ0n) is 16.5. The lowest BCUT2D eigenvalue weighted by molar-refractivity contribution is -0.147. The molecule has 0 spiro atoms. The third-order valence-corrected chi connectivity index (χ3v) is 5.84. The molecule has 0 unspecified atom stereocenters. The van der Waals surface area contributed by atoms with Gasteiger partial charge in [-0.15, -0.1) is 0 Å². The van der Waals surface area contributed by atoms with Crippen molar-refractivity contribution >= 4 is 5.91 Å². The van der Waals surface area contributed by atoms with Crippen molar-refractivity contribution in [3.8, 4) is 17.6 Å². The molecule has 3 aliphatic rings. The Balaban J connectivity index is 1.24. The Hall–Kier alpha value is -2.73. The van der Waals surface area contributed by atoms with Gasteiger partial charge in [-0.2, -0.15) is 0 Å². The van der Waals surface area contributed by atoms with E-state index in [-0.39, 0.29) is 0 Å². The van der Waals surface area contributed by atoms with Crippen LogP contribution in [0.25, 0.3) is 0 Å². The molecule has 3 nitrogen and oxygen atoms in total. The molecular weight excluding hydrogens is 346 g/mol. The molecule has 2 aromatic carbocycles. The first-order valence-corrected chi connectivity index (χ1v) is 10.3. The van der Waals surface area contributed by atoms with Crippen molar-refractivity contribution < 1.29 is 9.53 Å². The lowest BCUT2D eigenvalue weighted by Crippen LogP contribution is -2.52. The van der Waals surface area contributed by atoms with Crippen LogP contribution in [0, 0.1) is 24.7 Å². The fourth-order valence-electron chi connectivity index (χ4n) is 4.18. The molecule has 2 aromatic rings. The number of hydrogen-bond donors (Lipinski definition) is 0. The Morgan fingerprint density at radius 3 is 2.14 bits per heavy atom. The van der Waals surface area contributed by atoms with E-state index >= 15 is 0 Å². The molecule has 5 rings (SSSR count). The second-order valence-electron chi connectivity index (χ2n) is 7.88. The maximum absolute atomic E-state index is 12.3. The van der Waals surface area contributed by atoms with Gasteiger partial charge in [0.1, 0.15) is 5.75 Å². The average Bonchev–Trinajstić information content (AvgIpc) is 2.74. The number of amides is 1. The van der Waals surface area contributed by atoms with Gasteiger partial charge in [-0.25, -0.2) is 0 Å². The quantitative estimate of drug-likeness (QED) is 0.568. The zero-order chi connectivity index (χ0) is 19.3. The van der Waals surface area contributed by atoms with Gasteiger partial charge in [-0.3, -0.25) is 4.79 Å². The van der Waals surface area contributed by atoms with E-state index in [1.54, 1.807) is 0 Å². The maximum Gasteiger partial charge on any atom is 0.225 e. The summed E-state index contributed by atoms with van der Waals surface area (Å²) in [7, 11) is 0. The minimum absolute atomic E-state index is 0.291. The van der Waals surface area contributed by atoms with E-state index < -0.39 is 0 Å². The summed E-state index contributed by atoms with van der Waals surface area (Å²) in [6, 6.07) is 16.6. The van der Waals surface area contributed by atoms with Gasteiger partial charge in [0.25, 0.3) is 0 Å². The Bertz CT molecular complexity index is 866. The molecule has 2 saturated heterocycles. The summed E-state index contributed by atoms with van der Waals surface area (Å²) in [5.74, 6) is 7.89. The molecule has 2 aliphatic heterocycles. The van der Waals surface area contributed by atoms with Gasteiger partial charge in [-0.05, 0) is 75.4 Å². The van der Waals surface area contributed by atoms with E-state index in [4.69, 9.17) is 4.74 Å². The van der Waals surface area contributed by atoms with Gasteiger partial charge in [0.2, 0.25) is 5.91 Å². The zero-order valence-corrected chi connectivity index (χ0v) is 16.5. The van der Waals surface area contributed by atoms with Gasteiger partial charge in [0, 0.05) is 29.6 Å². The second kappa shape index (κ2) is 8.52. The predicted octanol–water partition coefficient (Wildman–Crippen LogP) is 4.56. The second-order valence-corrected chi connectivity index (χ2v) is 7.88. The largest absolute Gasteiger partial charge is 0.494 e. The average molecular weight is 373 g/mol. The van der Waals surface area contributed by atoms with Gasteiger partial charge in [-0.1, -0.05) is 29.5 Å². The number of nitrogens with zero attached hydrogens (tertiary/aromatic N) is 1. The van der Waals surface area contributed by atoms with Crippen LogP contribution >= 0.6 is 0 Å². The molecule has 2 heterocycles. The number of aryl methyl sites for hydroxylation is 1. The number of carbonyl (C=O) groups is 1. The summed E-state index contributed by atoms with van der Waals surface area (Å²) in [6.07, 6.45) is 5.43. The van der Waals surface area contributed by atoms with Crippen LogP contribution < -0.4 is 4.74 Å². The van der Waals surface area contributed by atoms with Crippen LogP contribution in [0.1, 0.15) is 48.8 Å². The molecule has 0 atom stereocenters. The predicted molar refractivity (Wildman–Crippen MR) is 111 cm³/mol. The molecule has 3 fully saturated rings. The Labute approximate surface area is 167 Å². The van der Waals surface area contributed by atoms with Crippen LogP contribution in [0.2, 0.25) is 0 Å². The summed E-state index contributed by atoms with van der Waals surface area (Å²) >= 11 is 0. The summed E-state index contributed by atoms with van der Waals surface area (Å²) in [5.41, 5.74) is 3.24. The molecule has 1 aliphatic carbocycles. The topological polar surface area (TPSA) is 29.5 Å². The normalized spacial score (nSPS) is 20.6. The van der Waals surface area contributed by atoms with Gasteiger partial charge >= 0.3 is 0 Å². The number of rotatable bonds is 5. The first-order chi connectivity index (χ1) is 13.7. The summed E-state index contributed by atoms with van der Waals surface area (Å²) in [5, 5.41) is 0. The van der Waals surface area contributed by atoms with E-state index in [1.807, 2.05) is 36.4 Å². The minimum Gasteiger partial charge on any atom is -0.494 e. The third-order valence-electron chi connectivity index (χ3n) is 5.84. The highest BCUT2D eigenvalue weighted by Crippen LogP contribution is 2.35. The monoisotopic (exact) mass is 373 g/mol. The Morgan fingerprint density at radius 2 is 1.54 bits per heavy atom. The van der Waals surface area contributed by atoms with Crippen LogP contribution in [0.15, 0.2) is 48.5 Å². The molecule has 0 N–H and O–H groups in total. The highest BCUT2D eigenvalue weighted by atomic mass is 16.5. The molecule has 2 bridgehead atoms. The van der Waals surface area contributed by atoms with Crippen molar-refractivity contribution in [1.29, 1.82) is 0 Å². The number of carbonyl (C=O) groups excluding carboxylic acids is 1. The number of hydrogen-bond acceptors (Lipinski definition) is 2. The van der Waals surface area contributed by atoms with Crippen LogP contribution in [-0.4, -0.2) is 30.0 Å². The van der Waals surface area contributed by atoms with Crippen molar-refractivity contribution in [2.75, 3.05) is 13.2 Å². The number of ether oxygens (including phenoxy) is 1. The molecule has 1 amide bonds. The third kappa shape index (κ3) is 4.39. The van der Waals surface area contributed by atoms with E-state index in [0.717, 1.165) is 42.7 Å². The van der Waals surface area contributed by atoms with Crippen molar-refractivity contribution in [3.63, 3.8) is 0 Å². The smallest absolute Gasteiger partial charge is 0.225 e. The van der Waals surface area contributed by atoms with E-state index in [0.29, 0.717) is 24.5 Å². The minimum atomic E-state index is 0.291. The highest BCUT2D eigenvalue weighted by Gasteiger charge is 2.39. The van der Waals surface area contributed by atoms with Gasteiger partial charge in [0.15, 0.2) is 0 Å². The summed E-state index contributed by atoms with van der Waals surface area (Å²) < 4.78 is 5.86. The van der Waals surface area contributed by atoms with E-state index in [1.165, 1.54) is 18.4 Å². The molecule has 0 aromatic heterocycles. The maximum atomic E-state index is 12.3. The molecular formula is C25H27NO2. The summed E-state index contributed by atoms with van der Waals surface area (Å²) in [4.78, 5) is 14.4. The van der Waals surface area contributed by atoms with E-state index in [9.17, 15) is 4.79 Å². The van der Waals surface area contributed by atoms with Crippen molar-refractivity contribution in [2.45, 2.75) is 45.1 Å². The fraction of sp³-hybridized carbons (Fsp3) is 0.400. The van der Waals surface area contributed by atoms with Gasteiger partial charge in [0.05, 0.1) is 6.61 Å². The molecule has 3 heteroatoms. The van der Waals surface area contributed by atoms with Crippen LogP contribution in [-0.2, 0) is 4.79 Å². The molecule has 144 valence electrons. The lowest BCUT2D eigenvalue weighted by atomic mass is 9.79. The first kappa shape index (κ1) is 18.6.